The van der Waals surface area contributed by atoms with E-state index in [-0.39, 0.29) is 10.8 Å². The van der Waals surface area contributed by atoms with Crippen molar-refractivity contribution in [3.05, 3.63) is 51.7 Å². The van der Waals surface area contributed by atoms with Gasteiger partial charge in [0.1, 0.15) is 0 Å². The Labute approximate surface area is 201 Å². The molecule has 0 N–H and O–H groups in total. The first-order chi connectivity index (χ1) is 16.0. The van der Waals surface area contributed by atoms with Crippen molar-refractivity contribution in [2.75, 3.05) is 39.3 Å². The van der Waals surface area contributed by atoms with Gasteiger partial charge in [-0.05, 0) is 60.4 Å². The SMILES string of the molecule is O=C(c1cccc(S(=O)(=O)N2CCc3sccc3C2)c1)N1CCN(CC2CCCCC2)CC1. The molecule has 2 aromatic rings. The van der Waals surface area contributed by atoms with E-state index in [4.69, 9.17) is 0 Å². The molecule has 0 radical (unpaired) electrons. The van der Waals surface area contributed by atoms with Crippen LogP contribution in [-0.4, -0.2) is 67.7 Å². The van der Waals surface area contributed by atoms with Crippen LogP contribution < -0.4 is 0 Å². The van der Waals surface area contributed by atoms with Gasteiger partial charge >= 0.3 is 0 Å². The monoisotopic (exact) mass is 487 g/mol. The highest BCUT2D eigenvalue weighted by atomic mass is 32.2. The smallest absolute Gasteiger partial charge is 0.253 e. The van der Waals surface area contributed by atoms with Gasteiger partial charge in [-0.3, -0.25) is 9.69 Å². The highest BCUT2D eigenvalue weighted by Crippen LogP contribution is 2.29. The van der Waals surface area contributed by atoms with Gasteiger partial charge in [0, 0.05) is 56.3 Å². The highest BCUT2D eigenvalue weighted by molar-refractivity contribution is 7.89. The second-order valence-corrected chi connectivity index (χ2v) is 12.5. The summed E-state index contributed by atoms with van der Waals surface area (Å²) in [5.74, 6) is 0.742. The van der Waals surface area contributed by atoms with Crippen molar-refractivity contribution in [1.29, 1.82) is 0 Å². The fourth-order valence-electron chi connectivity index (χ4n) is 5.42. The van der Waals surface area contributed by atoms with Crippen LogP contribution in [0.4, 0.5) is 0 Å². The molecule has 3 aliphatic rings. The molecule has 8 heteroatoms. The Balaban J connectivity index is 1.22. The number of rotatable bonds is 5. The third-order valence-electron chi connectivity index (χ3n) is 7.39. The van der Waals surface area contributed by atoms with Gasteiger partial charge in [0.15, 0.2) is 0 Å². The molecule has 6 nitrogen and oxygen atoms in total. The Morgan fingerprint density at radius 1 is 1.00 bits per heavy atom. The summed E-state index contributed by atoms with van der Waals surface area (Å²) < 4.78 is 28.1. The van der Waals surface area contributed by atoms with E-state index in [1.165, 1.54) is 41.3 Å². The van der Waals surface area contributed by atoms with Crippen molar-refractivity contribution in [3.8, 4) is 0 Å². The lowest BCUT2D eigenvalue weighted by Gasteiger charge is -2.37. The van der Waals surface area contributed by atoms with E-state index in [0.29, 0.717) is 31.7 Å². The first kappa shape index (κ1) is 23.0. The average Bonchev–Trinajstić information content (AvgIpc) is 3.33. The van der Waals surface area contributed by atoms with Gasteiger partial charge < -0.3 is 4.90 Å². The van der Waals surface area contributed by atoms with Gasteiger partial charge in [-0.1, -0.05) is 25.3 Å². The van der Waals surface area contributed by atoms with E-state index < -0.39 is 10.0 Å². The Morgan fingerprint density at radius 3 is 2.58 bits per heavy atom. The van der Waals surface area contributed by atoms with Crippen molar-refractivity contribution in [3.63, 3.8) is 0 Å². The zero-order valence-corrected chi connectivity index (χ0v) is 20.7. The van der Waals surface area contributed by atoms with Crippen LogP contribution in [0.25, 0.3) is 0 Å². The topological polar surface area (TPSA) is 60.9 Å². The fraction of sp³-hybridized carbons (Fsp3) is 0.560. The molecule has 33 heavy (non-hydrogen) atoms. The van der Waals surface area contributed by atoms with Crippen molar-refractivity contribution in [1.82, 2.24) is 14.1 Å². The molecule has 1 aromatic carbocycles. The molecule has 5 rings (SSSR count). The van der Waals surface area contributed by atoms with Crippen molar-refractivity contribution >= 4 is 27.3 Å². The second kappa shape index (κ2) is 9.86. The molecule has 1 saturated carbocycles. The molecule has 3 heterocycles. The number of thiophene rings is 1. The quantitative estimate of drug-likeness (QED) is 0.643. The van der Waals surface area contributed by atoms with Crippen LogP contribution >= 0.6 is 11.3 Å². The molecule has 2 aliphatic heterocycles. The molecule has 1 aromatic heterocycles. The predicted octanol–water partition coefficient (Wildman–Crippen LogP) is 3.83. The molecule has 2 fully saturated rings. The van der Waals surface area contributed by atoms with Crippen LogP contribution in [-0.2, 0) is 23.0 Å². The van der Waals surface area contributed by atoms with E-state index in [0.717, 1.165) is 37.5 Å². The maximum atomic E-state index is 13.3. The molecule has 0 atom stereocenters. The number of sulfonamides is 1. The number of benzene rings is 1. The normalized spacial score (nSPS) is 21.2. The molecule has 0 bridgehead atoms. The maximum Gasteiger partial charge on any atom is 0.253 e. The number of piperazine rings is 1. The number of nitrogens with zero attached hydrogens (tertiary/aromatic N) is 3. The number of carbonyl (C=O) groups excluding carboxylic acids is 1. The molecular formula is C25H33N3O3S2. The van der Waals surface area contributed by atoms with E-state index >= 15 is 0 Å². The molecule has 1 saturated heterocycles. The highest BCUT2D eigenvalue weighted by Gasteiger charge is 2.30. The first-order valence-corrected chi connectivity index (χ1v) is 14.5. The van der Waals surface area contributed by atoms with Gasteiger partial charge in [0.05, 0.1) is 4.90 Å². The van der Waals surface area contributed by atoms with Crippen molar-refractivity contribution in [2.24, 2.45) is 5.92 Å². The first-order valence-electron chi connectivity index (χ1n) is 12.2. The van der Waals surface area contributed by atoms with Crippen LogP contribution in [0.3, 0.4) is 0 Å². The third-order valence-corrected chi connectivity index (χ3v) is 10.3. The zero-order valence-electron chi connectivity index (χ0n) is 19.1. The summed E-state index contributed by atoms with van der Waals surface area (Å²) in [5.41, 5.74) is 1.55. The number of hydrogen-bond acceptors (Lipinski definition) is 5. The lowest BCUT2D eigenvalue weighted by molar-refractivity contribution is 0.0606. The lowest BCUT2D eigenvalue weighted by atomic mass is 9.89. The Morgan fingerprint density at radius 2 is 1.79 bits per heavy atom. The summed E-state index contributed by atoms with van der Waals surface area (Å²) in [7, 11) is -3.64. The van der Waals surface area contributed by atoms with Gasteiger partial charge in [-0.15, -0.1) is 11.3 Å². The van der Waals surface area contributed by atoms with Gasteiger partial charge in [-0.25, -0.2) is 8.42 Å². The lowest BCUT2D eigenvalue weighted by Crippen LogP contribution is -2.49. The fourth-order valence-corrected chi connectivity index (χ4v) is 7.77. The molecule has 0 spiro atoms. The van der Waals surface area contributed by atoms with Gasteiger partial charge in [0.25, 0.3) is 5.91 Å². The van der Waals surface area contributed by atoms with Crippen LogP contribution in [0.1, 0.15) is 52.9 Å². The number of hydrogen-bond donors (Lipinski definition) is 0. The maximum absolute atomic E-state index is 13.3. The largest absolute Gasteiger partial charge is 0.336 e. The predicted molar refractivity (Wildman–Crippen MR) is 131 cm³/mol. The Kier molecular flexibility index (Phi) is 6.88. The Bertz CT molecular complexity index is 1080. The minimum absolute atomic E-state index is 0.0665. The summed E-state index contributed by atoms with van der Waals surface area (Å²) in [5, 5.41) is 2.02. The number of carbonyl (C=O) groups is 1. The van der Waals surface area contributed by atoms with Crippen molar-refractivity contribution < 1.29 is 13.2 Å². The minimum Gasteiger partial charge on any atom is -0.336 e. The van der Waals surface area contributed by atoms with Crippen LogP contribution in [0.15, 0.2) is 40.6 Å². The van der Waals surface area contributed by atoms with Crippen LogP contribution in [0.5, 0.6) is 0 Å². The number of amides is 1. The van der Waals surface area contributed by atoms with Gasteiger partial charge in [-0.2, -0.15) is 4.31 Å². The summed E-state index contributed by atoms with van der Waals surface area (Å²) in [6, 6.07) is 8.62. The van der Waals surface area contributed by atoms with Gasteiger partial charge in [0.2, 0.25) is 10.0 Å². The molecule has 1 aliphatic carbocycles. The summed E-state index contributed by atoms with van der Waals surface area (Å²) in [6.45, 7) is 5.25. The molecule has 178 valence electrons. The van der Waals surface area contributed by atoms with Crippen molar-refractivity contribution in [2.45, 2.75) is 50.0 Å². The average molecular weight is 488 g/mol. The van der Waals surface area contributed by atoms with Crippen LogP contribution in [0, 0.1) is 5.92 Å². The standard InChI is InChI=1S/C25H33N3O3S2/c29-25(27-14-12-26(13-15-27)18-20-5-2-1-3-6-20)21-7-4-8-23(17-21)33(30,31)28-11-9-24-22(19-28)10-16-32-24/h4,7-8,10,16-17,20H,1-3,5-6,9,11-15,18-19H2. The van der Waals surface area contributed by atoms with E-state index in [1.54, 1.807) is 35.6 Å². The minimum atomic E-state index is -3.64. The summed E-state index contributed by atoms with van der Waals surface area (Å²) >= 11 is 1.69. The molecular weight excluding hydrogens is 454 g/mol. The third kappa shape index (κ3) is 5.04. The zero-order chi connectivity index (χ0) is 22.8. The molecule has 1 amide bonds. The molecule has 0 unspecified atom stereocenters. The van der Waals surface area contributed by atoms with E-state index in [2.05, 4.69) is 4.90 Å². The Hall–Kier alpha value is -1.74. The number of fused-ring (bicyclic) bond motifs is 1. The second-order valence-electron chi connectivity index (χ2n) is 9.58. The van der Waals surface area contributed by atoms with E-state index in [9.17, 15) is 13.2 Å². The van der Waals surface area contributed by atoms with E-state index in [1.807, 2.05) is 16.3 Å². The van der Waals surface area contributed by atoms with Crippen LogP contribution in [0.2, 0.25) is 0 Å². The summed E-state index contributed by atoms with van der Waals surface area (Å²) in [4.78, 5) is 19.0. The summed E-state index contributed by atoms with van der Waals surface area (Å²) in [6.07, 6.45) is 7.51.